The number of alkyl halides is 4. The number of hydrogen-bond acceptors (Lipinski definition) is 1. The van der Waals surface area contributed by atoms with Gasteiger partial charge in [0.15, 0.2) is 0 Å². The number of halogens is 4. The summed E-state index contributed by atoms with van der Waals surface area (Å²) in [4.78, 5) is 0. The molecule has 0 aromatic rings. The highest BCUT2D eigenvalue weighted by atomic mass is 19.3. The number of rotatable bonds is 3. The van der Waals surface area contributed by atoms with E-state index in [1.807, 2.05) is 0 Å². The van der Waals surface area contributed by atoms with Gasteiger partial charge in [-0.1, -0.05) is 0 Å². The Morgan fingerprint density at radius 1 is 1.33 bits per heavy atom. The van der Waals surface area contributed by atoms with E-state index in [9.17, 15) is 17.6 Å². The summed E-state index contributed by atoms with van der Waals surface area (Å²) in [6.07, 6.45) is -4.42. The molecule has 0 atom stereocenters. The van der Waals surface area contributed by atoms with E-state index < -0.39 is 25.3 Å². The van der Waals surface area contributed by atoms with Crippen LogP contribution in [0.15, 0.2) is 0 Å². The Balaban J connectivity index is 3.58. The monoisotopic (exact) mass is 145 g/mol. The van der Waals surface area contributed by atoms with Gasteiger partial charge in [0, 0.05) is 0 Å². The van der Waals surface area contributed by atoms with E-state index in [4.69, 9.17) is 0 Å². The van der Waals surface area contributed by atoms with Crippen LogP contribution in [0.1, 0.15) is 6.42 Å². The van der Waals surface area contributed by atoms with E-state index in [1.165, 1.54) is 0 Å². The maximum absolute atomic E-state index is 11.8. The molecule has 0 saturated carbocycles. The van der Waals surface area contributed by atoms with Gasteiger partial charge in [-0.3, -0.25) is 0 Å². The van der Waals surface area contributed by atoms with Gasteiger partial charge in [0.25, 0.3) is 5.92 Å². The maximum atomic E-state index is 11.8. The van der Waals surface area contributed by atoms with Crippen molar-refractivity contribution in [2.75, 3.05) is 6.54 Å². The Bertz CT molecular complexity index is 82.6. The predicted octanol–water partition coefficient (Wildman–Crippen LogP) is 1.24. The average molecular weight is 145 g/mol. The molecule has 9 heavy (non-hydrogen) atoms. The third kappa shape index (κ3) is 4.20. The lowest BCUT2D eigenvalue weighted by molar-refractivity contribution is -0.0459. The molecule has 0 heterocycles. The summed E-state index contributed by atoms with van der Waals surface area (Å²) >= 11 is 0. The Hall–Kier alpha value is -0.320. The van der Waals surface area contributed by atoms with Crippen LogP contribution in [0.4, 0.5) is 17.6 Å². The largest absolute Gasteiger partial charge is 0.325 e. The van der Waals surface area contributed by atoms with Gasteiger partial charge in [0.2, 0.25) is 6.43 Å². The molecular formula is C4H7F4N. The molecule has 0 unspecified atom stereocenters. The molecule has 0 aliphatic carbocycles. The molecule has 0 saturated heterocycles. The SMILES string of the molecule is NCC(F)(F)CC(F)F. The molecule has 0 aliphatic heterocycles. The van der Waals surface area contributed by atoms with E-state index in [0.717, 1.165) is 0 Å². The van der Waals surface area contributed by atoms with Crippen molar-refractivity contribution in [3.8, 4) is 0 Å². The fraction of sp³-hybridized carbons (Fsp3) is 1.00. The van der Waals surface area contributed by atoms with Crippen molar-refractivity contribution in [2.24, 2.45) is 5.73 Å². The van der Waals surface area contributed by atoms with E-state index in [2.05, 4.69) is 5.73 Å². The molecule has 2 N–H and O–H groups in total. The topological polar surface area (TPSA) is 26.0 Å². The lowest BCUT2D eigenvalue weighted by Crippen LogP contribution is -2.29. The van der Waals surface area contributed by atoms with Gasteiger partial charge in [0.05, 0.1) is 13.0 Å². The molecule has 0 rings (SSSR count). The summed E-state index contributed by atoms with van der Waals surface area (Å²) < 4.78 is 46.0. The van der Waals surface area contributed by atoms with Crippen LogP contribution in [0.3, 0.4) is 0 Å². The van der Waals surface area contributed by atoms with Gasteiger partial charge in [-0.05, 0) is 0 Å². The zero-order valence-electron chi connectivity index (χ0n) is 4.58. The van der Waals surface area contributed by atoms with E-state index >= 15 is 0 Å². The van der Waals surface area contributed by atoms with Crippen LogP contribution in [0.2, 0.25) is 0 Å². The molecule has 0 bridgehead atoms. The van der Waals surface area contributed by atoms with Crippen molar-refractivity contribution >= 4 is 0 Å². The summed E-state index contributed by atoms with van der Waals surface area (Å²) in [6, 6.07) is 0. The first kappa shape index (κ1) is 8.68. The van der Waals surface area contributed by atoms with Crippen LogP contribution in [0.5, 0.6) is 0 Å². The van der Waals surface area contributed by atoms with Crippen LogP contribution in [-0.4, -0.2) is 18.9 Å². The highest BCUT2D eigenvalue weighted by Gasteiger charge is 2.30. The molecule has 0 spiro atoms. The second kappa shape index (κ2) is 3.00. The minimum Gasteiger partial charge on any atom is -0.325 e. The van der Waals surface area contributed by atoms with Gasteiger partial charge in [0.1, 0.15) is 0 Å². The fourth-order valence-corrected chi connectivity index (χ4v) is 0.309. The summed E-state index contributed by atoms with van der Waals surface area (Å²) in [5, 5.41) is 0. The van der Waals surface area contributed by atoms with Gasteiger partial charge in [-0.2, -0.15) is 0 Å². The minimum atomic E-state index is -3.41. The zero-order valence-corrected chi connectivity index (χ0v) is 4.58. The standard InChI is InChI=1S/C4H7F4N/c5-3(6)1-4(7,8)2-9/h3H,1-2,9H2. The maximum Gasteiger partial charge on any atom is 0.265 e. The molecule has 1 nitrogen and oxygen atoms in total. The van der Waals surface area contributed by atoms with Gasteiger partial charge in [-0.25, -0.2) is 17.6 Å². The number of hydrogen-bond donors (Lipinski definition) is 1. The summed E-state index contributed by atoms with van der Waals surface area (Å²) in [5.41, 5.74) is 4.47. The average Bonchev–Trinajstić information content (AvgIpc) is 1.63. The smallest absolute Gasteiger partial charge is 0.265 e. The molecule has 56 valence electrons. The Morgan fingerprint density at radius 2 is 1.78 bits per heavy atom. The highest BCUT2D eigenvalue weighted by Crippen LogP contribution is 2.20. The van der Waals surface area contributed by atoms with Crippen molar-refractivity contribution in [3.05, 3.63) is 0 Å². The highest BCUT2D eigenvalue weighted by molar-refractivity contribution is 4.67. The molecule has 0 aliphatic rings. The second-order valence-corrected chi connectivity index (χ2v) is 1.66. The van der Waals surface area contributed by atoms with Gasteiger partial charge in [-0.15, -0.1) is 0 Å². The van der Waals surface area contributed by atoms with E-state index in [1.54, 1.807) is 0 Å². The minimum absolute atomic E-state index is 1.02. The fourth-order valence-electron chi connectivity index (χ4n) is 0.309. The molecule has 0 aromatic heterocycles. The van der Waals surface area contributed by atoms with Crippen LogP contribution in [0.25, 0.3) is 0 Å². The molecule has 0 amide bonds. The molecule has 0 radical (unpaired) electrons. The first-order valence-corrected chi connectivity index (χ1v) is 2.34. The van der Waals surface area contributed by atoms with E-state index in [-0.39, 0.29) is 0 Å². The zero-order chi connectivity index (χ0) is 7.49. The van der Waals surface area contributed by atoms with Crippen molar-refractivity contribution in [3.63, 3.8) is 0 Å². The van der Waals surface area contributed by atoms with Crippen molar-refractivity contribution in [1.29, 1.82) is 0 Å². The third-order valence-electron chi connectivity index (χ3n) is 0.752. The van der Waals surface area contributed by atoms with Crippen molar-refractivity contribution < 1.29 is 17.6 Å². The quantitative estimate of drug-likeness (QED) is 0.594. The second-order valence-electron chi connectivity index (χ2n) is 1.66. The summed E-state index contributed by atoms with van der Waals surface area (Å²) in [7, 11) is 0. The van der Waals surface area contributed by atoms with Crippen LogP contribution >= 0.6 is 0 Å². The molecule has 5 heteroatoms. The van der Waals surface area contributed by atoms with Gasteiger partial charge < -0.3 is 5.73 Å². The van der Waals surface area contributed by atoms with Crippen LogP contribution in [0, 0.1) is 0 Å². The first-order chi connectivity index (χ1) is 3.98. The molecular weight excluding hydrogens is 138 g/mol. The number of nitrogens with two attached hydrogens (primary N) is 1. The van der Waals surface area contributed by atoms with Crippen molar-refractivity contribution in [1.82, 2.24) is 0 Å². The van der Waals surface area contributed by atoms with Crippen molar-refractivity contribution in [2.45, 2.75) is 18.8 Å². The summed E-state index contributed by atoms with van der Waals surface area (Å²) in [5.74, 6) is -3.41. The lowest BCUT2D eigenvalue weighted by Gasteiger charge is -2.11. The Morgan fingerprint density at radius 3 is 1.89 bits per heavy atom. The predicted molar refractivity (Wildman–Crippen MR) is 24.6 cm³/mol. The Labute approximate surface area is 49.8 Å². The lowest BCUT2D eigenvalue weighted by atomic mass is 10.2. The Kier molecular flexibility index (Phi) is 2.90. The van der Waals surface area contributed by atoms with E-state index in [0.29, 0.717) is 0 Å². The molecule has 0 aromatic carbocycles. The normalized spacial score (nSPS) is 12.7. The first-order valence-electron chi connectivity index (χ1n) is 2.34. The molecule has 0 fully saturated rings. The third-order valence-corrected chi connectivity index (χ3v) is 0.752. The van der Waals surface area contributed by atoms with Gasteiger partial charge >= 0.3 is 0 Å². The summed E-state index contributed by atoms with van der Waals surface area (Å²) in [6.45, 7) is -1.02. The van der Waals surface area contributed by atoms with Crippen LogP contribution in [-0.2, 0) is 0 Å². The van der Waals surface area contributed by atoms with Crippen LogP contribution < -0.4 is 5.73 Å².